The van der Waals surface area contributed by atoms with Crippen LogP contribution >= 0.6 is 0 Å². The van der Waals surface area contributed by atoms with E-state index < -0.39 is 5.91 Å². The monoisotopic (exact) mass is 261 g/mol. The number of nitrogens with two attached hydrogens (primary N) is 1. The Hall–Kier alpha value is -1.88. The molecule has 5 nitrogen and oxygen atoms in total. The second kappa shape index (κ2) is 5.84. The molecule has 5 heteroatoms. The lowest BCUT2D eigenvalue weighted by Crippen LogP contribution is -2.48. The van der Waals surface area contributed by atoms with Crippen LogP contribution < -0.4 is 16.4 Å². The fourth-order valence-electron chi connectivity index (χ4n) is 2.11. The lowest BCUT2D eigenvalue weighted by Gasteiger charge is -2.31. The van der Waals surface area contributed by atoms with Gasteiger partial charge in [-0.05, 0) is 30.6 Å². The Labute approximate surface area is 112 Å². The smallest absolute Gasteiger partial charge is 0.227 e. The summed E-state index contributed by atoms with van der Waals surface area (Å²) in [5, 5.41) is 6.05. The molecule has 1 saturated heterocycles. The molecule has 0 bridgehead atoms. The molecule has 19 heavy (non-hydrogen) atoms. The van der Waals surface area contributed by atoms with Gasteiger partial charge in [0.15, 0.2) is 0 Å². The molecule has 1 fully saturated rings. The van der Waals surface area contributed by atoms with Crippen molar-refractivity contribution in [1.29, 1.82) is 0 Å². The average molecular weight is 261 g/mol. The van der Waals surface area contributed by atoms with E-state index >= 15 is 0 Å². The first kappa shape index (κ1) is 13.5. The number of amides is 2. The van der Waals surface area contributed by atoms with Crippen LogP contribution in [-0.2, 0) is 16.0 Å². The predicted octanol–water partition coefficient (Wildman–Crippen LogP) is 0.508. The summed E-state index contributed by atoms with van der Waals surface area (Å²) < 4.78 is 0. The summed E-state index contributed by atoms with van der Waals surface area (Å²) in [6, 6.07) is 7.25. The van der Waals surface area contributed by atoms with Crippen molar-refractivity contribution < 1.29 is 9.59 Å². The Morgan fingerprint density at radius 1 is 1.42 bits per heavy atom. The molecule has 0 aromatic heterocycles. The van der Waals surface area contributed by atoms with Crippen LogP contribution in [0.1, 0.15) is 12.5 Å². The maximum Gasteiger partial charge on any atom is 0.227 e. The van der Waals surface area contributed by atoms with Gasteiger partial charge in [0.1, 0.15) is 0 Å². The zero-order valence-electron chi connectivity index (χ0n) is 11.0. The van der Waals surface area contributed by atoms with Crippen molar-refractivity contribution >= 4 is 17.5 Å². The SMILES string of the molecule is CC(C(=O)Nc1ccccc1CC(N)=O)C1CNC1. The van der Waals surface area contributed by atoms with E-state index in [1.807, 2.05) is 19.1 Å². The van der Waals surface area contributed by atoms with Gasteiger partial charge in [-0.3, -0.25) is 9.59 Å². The fourth-order valence-corrected chi connectivity index (χ4v) is 2.11. The first-order valence-corrected chi connectivity index (χ1v) is 6.45. The summed E-state index contributed by atoms with van der Waals surface area (Å²) in [7, 11) is 0. The maximum atomic E-state index is 12.1. The zero-order chi connectivity index (χ0) is 13.8. The van der Waals surface area contributed by atoms with Gasteiger partial charge in [-0.2, -0.15) is 0 Å². The molecule has 2 rings (SSSR count). The van der Waals surface area contributed by atoms with Crippen LogP contribution in [0.25, 0.3) is 0 Å². The standard InChI is InChI=1S/C14H19N3O2/c1-9(11-7-16-8-11)14(19)17-12-5-3-2-4-10(12)6-13(15)18/h2-5,9,11,16H,6-8H2,1H3,(H2,15,18)(H,17,19). The molecule has 1 aliphatic heterocycles. The van der Waals surface area contributed by atoms with Crippen molar-refractivity contribution in [1.82, 2.24) is 5.32 Å². The first-order chi connectivity index (χ1) is 9.08. The highest BCUT2D eigenvalue weighted by atomic mass is 16.2. The van der Waals surface area contributed by atoms with Gasteiger partial charge in [-0.1, -0.05) is 25.1 Å². The van der Waals surface area contributed by atoms with Crippen molar-refractivity contribution in [3.63, 3.8) is 0 Å². The van der Waals surface area contributed by atoms with Gasteiger partial charge in [-0.15, -0.1) is 0 Å². The van der Waals surface area contributed by atoms with Crippen molar-refractivity contribution in [2.24, 2.45) is 17.6 Å². The van der Waals surface area contributed by atoms with Gasteiger partial charge in [0.05, 0.1) is 6.42 Å². The number of benzene rings is 1. The molecule has 1 unspecified atom stereocenters. The fraction of sp³-hybridized carbons (Fsp3) is 0.429. The van der Waals surface area contributed by atoms with E-state index in [0.717, 1.165) is 18.7 Å². The normalized spacial score (nSPS) is 16.5. The Kier molecular flexibility index (Phi) is 4.16. The van der Waals surface area contributed by atoms with E-state index in [4.69, 9.17) is 5.73 Å². The number of anilines is 1. The summed E-state index contributed by atoms with van der Waals surface area (Å²) in [6.45, 7) is 3.70. The Balaban J connectivity index is 2.05. The number of para-hydroxylation sites is 1. The van der Waals surface area contributed by atoms with Crippen molar-refractivity contribution in [2.45, 2.75) is 13.3 Å². The van der Waals surface area contributed by atoms with Crippen LogP contribution in [0.4, 0.5) is 5.69 Å². The zero-order valence-corrected chi connectivity index (χ0v) is 11.0. The summed E-state index contributed by atoms with van der Waals surface area (Å²) >= 11 is 0. The molecule has 1 aromatic carbocycles. The third-order valence-corrected chi connectivity index (χ3v) is 3.57. The van der Waals surface area contributed by atoms with Crippen LogP contribution in [-0.4, -0.2) is 24.9 Å². The summed E-state index contributed by atoms with van der Waals surface area (Å²) in [5.41, 5.74) is 6.63. The molecule has 0 aliphatic carbocycles. The molecule has 0 saturated carbocycles. The summed E-state index contributed by atoms with van der Waals surface area (Å²) in [6.07, 6.45) is 0.135. The highest BCUT2D eigenvalue weighted by Gasteiger charge is 2.28. The topological polar surface area (TPSA) is 84.2 Å². The minimum Gasteiger partial charge on any atom is -0.369 e. The summed E-state index contributed by atoms with van der Waals surface area (Å²) in [5.74, 6) is -0.0625. The van der Waals surface area contributed by atoms with Crippen molar-refractivity contribution in [3.8, 4) is 0 Å². The van der Waals surface area contributed by atoms with Gasteiger partial charge in [-0.25, -0.2) is 0 Å². The maximum absolute atomic E-state index is 12.1. The van der Waals surface area contributed by atoms with Gasteiger partial charge >= 0.3 is 0 Å². The number of carbonyl (C=O) groups excluding carboxylic acids is 2. The van der Waals surface area contributed by atoms with Crippen molar-refractivity contribution in [3.05, 3.63) is 29.8 Å². The molecular formula is C14H19N3O2. The van der Waals surface area contributed by atoms with Crippen molar-refractivity contribution in [2.75, 3.05) is 18.4 Å². The number of carbonyl (C=O) groups is 2. The minimum atomic E-state index is -0.405. The van der Waals surface area contributed by atoms with Crippen LogP contribution in [0.5, 0.6) is 0 Å². The van der Waals surface area contributed by atoms with E-state index in [1.165, 1.54) is 0 Å². The Morgan fingerprint density at radius 2 is 2.11 bits per heavy atom. The van der Waals surface area contributed by atoms with E-state index in [9.17, 15) is 9.59 Å². The molecule has 0 spiro atoms. The molecule has 102 valence electrons. The van der Waals surface area contributed by atoms with Gasteiger partial charge < -0.3 is 16.4 Å². The van der Waals surface area contributed by atoms with Gasteiger partial charge in [0.25, 0.3) is 0 Å². The molecule has 0 radical (unpaired) electrons. The molecule has 2 amide bonds. The minimum absolute atomic E-state index is 0.0107. The highest BCUT2D eigenvalue weighted by molar-refractivity contribution is 5.94. The Bertz CT molecular complexity index is 483. The second-order valence-electron chi connectivity index (χ2n) is 5.00. The first-order valence-electron chi connectivity index (χ1n) is 6.45. The summed E-state index contributed by atoms with van der Waals surface area (Å²) in [4.78, 5) is 23.1. The molecule has 1 atom stereocenters. The number of rotatable bonds is 5. The second-order valence-corrected chi connectivity index (χ2v) is 5.00. The quantitative estimate of drug-likeness (QED) is 0.722. The molecular weight excluding hydrogens is 242 g/mol. The lowest BCUT2D eigenvalue weighted by atomic mass is 9.88. The third kappa shape index (κ3) is 3.32. The lowest BCUT2D eigenvalue weighted by molar-refractivity contribution is -0.121. The van der Waals surface area contributed by atoms with Crippen LogP contribution in [0.15, 0.2) is 24.3 Å². The van der Waals surface area contributed by atoms with Crippen LogP contribution in [0.3, 0.4) is 0 Å². The van der Waals surface area contributed by atoms with Crippen LogP contribution in [0.2, 0.25) is 0 Å². The number of hydrogen-bond acceptors (Lipinski definition) is 3. The number of nitrogens with one attached hydrogen (secondary N) is 2. The molecule has 1 aliphatic rings. The van der Waals surface area contributed by atoms with Crippen LogP contribution in [0, 0.1) is 11.8 Å². The Morgan fingerprint density at radius 3 is 2.68 bits per heavy atom. The largest absolute Gasteiger partial charge is 0.369 e. The van der Waals surface area contributed by atoms with Gasteiger partial charge in [0.2, 0.25) is 11.8 Å². The van der Waals surface area contributed by atoms with E-state index in [0.29, 0.717) is 11.6 Å². The molecule has 1 heterocycles. The van der Waals surface area contributed by atoms with E-state index in [2.05, 4.69) is 10.6 Å². The molecule has 1 aromatic rings. The van der Waals surface area contributed by atoms with E-state index in [-0.39, 0.29) is 18.2 Å². The number of primary amides is 1. The molecule has 4 N–H and O–H groups in total. The highest BCUT2D eigenvalue weighted by Crippen LogP contribution is 2.20. The number of hydrogen-bond donors (Lipinski definition) is 3. The van der Waals surface area contributed by atoms with E-state index in [1.54, 1.807) is 12.1 Å². The third-order valence-electron chi connectivity index (χ3n) is 3.57. The predicted molar refractivity (Wildman–Crippen MR) is 73.5 cm³/mol. The van der Waals surface area contributed by atoms with Gasteiger partial charge in [0, 0.05) is 11.6 Å². The average Bonchev–Trinajstić information content (AvgIpc) is 2.28.